The molecule has 3 atom stereocenters. The van der Waals surface area contributed by atoms with Crippen molar-refractivity contribution in [2.24, 2.45) is 5.92 Å². The van der Waals surface area contributed by atoms with Crippen LogP contribution in [0.5, 0.6) is 0 Å². The first-order valence-corrected chi connectivity index (χ1v) is 5.99. The van der Waals surface area contributed by atoms with Crippen LogP contribution in [0.15, 0.2) is 12.3 Å². The highest BCUT2D eigenvalue weighted by Crippen LogP contribution is 2.31. The predicted octanol–water partition coefficient (Wildman–Crippen LogP) is 1.66. The van der Waals surface area contributed by atoms with Crippen molar-refractivity contribution in [1.29, 1.82) is 0 Å². The largest absolute Gasteiger partial charge is 0.351 e. The van der Waals surface area contributed by atoms with Crippen LogP contribution in [0, 0.1) is 5.92 Å². The number of aliphatic hydroxyl groups excluding tert-OH is 1. The van der Waals surface area contributed by atoms with Crippen molar-refractivity contribution >= 4 is 17.4 Å². The lowest BCUT2D eigenvalue weighted by Crippen LogP contribution is -2.42. The quantitative estimate of drug-likeness (QED) is 0.817. The molecule has 2 unspecified atom stereocenters. The molecule has 0 spiro atoms. The zero-order chi connectivity index (χ0) is 12.6. The monoisotopic (exact) mass is 257 g/mol. The molecule has 17 heavy (non-hydrogen) atoms. The van der Waals surface area contributed by atoms with Gasteiger partial charge in [0.15, 0.2) is 0 Å². The average Bonchev–Trinajstić information content (AvgIpc) is 2.53. The molecule has 6 heteroatoms. The van der Waals surface area contributed by atoms with E-state index < -0.39 is 6.41 Å². The fourth-order valence-electron chi connectivity index (χ4n) is 2.31. The highest BCUT2D eigenvalue weighted by atomic mass is 35.5. The van der Waals surface area contributed by atoms with E-state index >= 15 is 0 Å². The highest BCUT2D eigenvalue weighted by molar-refractivity contribution is 6.28. The third-order valence-corrected chi connectivity index (χ3v) is 3.12. The Bertz CT molecular complexity index is 402. The number of nitrogens with zero attached hydrogens (tertiary/aromatic N) is 3. The van der Waals surface area contributed by atoms with E-state index in [4.69, 9.17) is 16.3 Å². The van der Waals surface area contributed by atoms with Crippen LogP contribution in [0.2, 0.25) is 5.28 Å². The summed E-state index contributed by atoms with van der Waals surface area (Å²) in [5.41, 5.74) is 0. The van der Waals surface area contributed by atoms with Gasteiger partial charge in [0.25, 0.3) is 0 Å². The average molecular weight is 258 g/mol. The lowest BCUT2D eigenvalue weighted by atomic mass is 9.99. The molecule has 0 bridgehead atoms. The zero-order valence-corrected chi connectivity index (χ0v) is 10.8. The molecule has 0 radical (unpaired) electrons. The fraction of sp³-hybridized carbons (Fsp3) is 0.636. The fourth-order valence-corrected chi connectivity index (χ4v) is 2.45. The number of aliphatic hydroxyl groups is 1. The van der Waals surface area contributed by atoms with Gasteiger partial charge in [0.2, 0.25) is 11.7 Å². The number of aromatic nitrogens is 2. The van der Waals surface area contributed by atoms with Gasteiger partial charge in [-0.25, -0.2) is 9.97 Å². The summed E-state index contributed by atoms with van der Waals surface area (Å²) in [4.78, 5) is 9.68. The van der Waals surface area contributed by atoms with Crippen molar-refractivity contribution in [1.82, 2.24) is 9.97 Å². The Balaban J connectivity index is 2.35. The Kier molecular flexibility index (Phi) is 3.51. The number of anilines is 1. The molecule has 1 aliphatic heterocycles. The van der Waals surface area contributed by atoms with Gasteiger partial charge in [0.05, 0.1) is 12.1 Å². The van der Waals surface area contributed by atoms with Crippen LogP contribution in [-0.4, -0.2) is 33.6 Å². The van der Waals surface area contributed by atoms with Gasteiger partial charge < -0.3 is 14.7 Å². The summed E-state index contributed by atoms with van der Waals surface area (Å²) < 4.78 is 5.42. The van der Waals surface area contributed by atoms with Crippen molar-refractivity contribution in [3.05, 3.63) is 17.5 Å². The van der Waals surface area contributed by atoms with Crippen LogP contribution in [0.1, 0.15) is 20.8 Å². The van der Waals surface area contributed by atoms with Crippen LogP contribution in [0.3, 0.4) is 0 Å². The SMILES string of the molecule is CC(C)[C@H]1C(C)OC(O)N1c1ccnc(Cl)n1. The molecule has 0 aliphatic carbocycles. The summed E-state index contributed by atoms with van der Waals surface area (Å²) in [5.74, 6) is 0.913. The van der Waals surface area contributed by atoms with Crippen LogP contribution in [-0.2, 0) is 4.74 Å². The Morgan fingerprint density at radius 2 is 2.24 bits per heavy atom. The maximum Gasteiger partial charge on any atom is 0.239 e. The molecule has 0 amide bonds. The minimum absolute atomic E-state index is 0.0567. The molecular formula is C11H16ClN3O2. The van der Waals surface area contributed by atoms with Gasteiger partial charge in [-0.05, 0) is 30.5 Å². The lowest BCUT2D eigenvalue weighted by Gasteiger charge is -2.29. The van der Waals surface area contributed by atoms with E-state index in [0.29, 0.717) is 11.7 Å². The Labute approximate surface area is 105 Å². The van der Waals surface area contributed by atoms with Gasteiger partial charge in [-0.15, -0.1) is 0 Å². The van der Waals surface area contributed by atoms with Crippen LogP contribution in [0.25, 0.3) is 0 Å². The molecule has 5 nitrogen and oxygen atoms in total. The van der Waals surface area contributed by atoms with Gasteiger partial charge >= 0.3 is 0 Å². The van der Waals surface area contributed by atoms with Crippen molar-refractivity contribution < 1.29 is 9.84 Å². The number of halogens is 1. The first-order chi connectivity index (χ1) is 8.00. The smallest absolute Gasteiger partial charge is 0.239 e. The molecule has 1 N–H and O–H groups in total. The Hall–Kier alpha value is -0.910. The topological polar surface area (TPSA) is 58.5 Å². The summed E-state index contributed by atoms with van der Waals surface area (Å²) in [5, 5.41) is 10.1. The molecule has 2 rings (SSSR count). The number of hydrogen-bond acceptors (Lipinski definition) is 5. The minimum atomic E-state index is -0.983. The van der Waals surface area contributed by atoms with Crippen molar-refractivity contribution in [3.8, 4) is 0 Å². The first kappa shape index (κ1) is 12.5. The first-order valence-electron chi connectivity index (χ1n) is 5.61. The molecule has 1 saturated heterocycles. The third-order valence-electron chi connectivity index (χ3n) is 2.94. The summed E-state index contributed by atoms with van der Waals surface area (Å²) in [6.07, 6.45) is 0.528. The Morgan fingerprint density at radius 3 is 2.82 bits per heavy atom. The molecular weight excluding hydrogens is 242 g/mol. The van der Waals surface area contributed by atoms with Crippen molar-refractivity contribution in [2.75, 3.05) is 4.90 Å². The molecule has 94 valence electrons. The van der Waals surface area contributed by atoms with E-state index in [1.54, 1.807) is 17.2 Å². The molecule has 1 fully saturated rings. The number of hydrogen-bond donors (Lipinski definition) is 1. The maximum atomic E-state index is 9.92. The zero-order valence-electron chi connectivity index (χ0n) is 10.0. The van der Waals surface area contributed by atoms with Gasteiger partial charge in [0.1, 0.15) is 5.82 Å². The molecule has 0 saturated carbocycles. The van der Waals surface area contributed by atoms with Gasteiger partial charge in [0, 0.05) is 6.20 Å². The van der Waals surface area contributed by atoms with E-state index in [-0.39, 0.29) is 17.4 Å². The van der Waals surface area contributed by atoms with E-state index in [1.165, 1.54) is 0 Å². The van der Waals surface area contributed by atoms with E-state index in [0.717, 1.165) is 0 Å². The standard InChI is InChI=1S/C11H16ClN3O2/c1-6(2)9-7(3)17-11(16)15(9)8-4-5-13-10(12)14-8/h4-7,9,11,16H,1-3H3/t7?,9-,11?/m0/s1. The second-order valence-electron chi connectivity index (χ2n) is 4.49. The normalized spacial score (nSPS) is 29.1. The predicted molar refractivity (Wildman–Crippen MR) is 64.7 cm³/mol. The summed E-state index contributed by atoms with van der Waals surface area (Å²) in [7, 11) is 0. The second-order valence-corrected chi connectivity index (χ2v) is 4.83. The molecule has 1 aromatic heterocycles. The van der Waals surface area contributed by atoms with Gasteiger partial charge in [-0.2, -0.15) is 0 Å². The molecule has 1 aromatic rings. The lowest BCUT2D eigenvalue weighted by molar-refractivity contribution is -0.0849. The van der Waals surface area contributed by atoms with Crippen molar-refractivity contribution in [2.45, 2.75) is 39.3 Å². The van der Waals surface area contributed by atoms with Crippen molar-refractivity contribution in [3.63, 3.8) is 0 Å². The third kappa shape index (κ3) is 2.36. The van der Waals surface area contributed by atoms with E-state index in [9.17, 15) is 5.11 Å². The molecule has 0 aromatic carbocycles. The van der Waals surface area contributed by atoms with Gasteiger partial charge in [-0.3, -0.25) is 0 Å². The van der Waals surface area contributed by atoms with E-state index in [2.05, 4.69) is 23.8 Å². The summed E-state index contributed by atoms with van der Waals surface area (Å²) >= 11 is 5.76. The highest BCUT2D eigenvalue weighted by Gasteiger charge is 2.41. The number of ether oxygens (including phenoxy) is 1. The minimum Gasteiger partial charge on any atom is -0.351 e. The van der Waals surface area contributed by atoms with Crippen LogP contribution < -0.4 is 4.90 Å². The van der Waals surface area contributed by atoms with Crippen LogP contribution in [0.4, 0.5) is 5.82 Å². The second kappa shape index (κ2) is 4.76. The summed E-state index contributed by atoms with van der Waals surface area (Å²) in [6.45, 7) is 6.10. The number of rotatable bonds is 2. The maximum absolute atomic E-state index is 9.92. The Morgan fingerprint density at radius 1 is 1.53 bits per heavy atom. The summed E-state index contributed by atoms with van der Waals surface area (Å²) in [6, 6.07) is 1.78. The molecule has 1 aliphatic rings. The van der Waals surface area contributed by atoms with Crippen LogP contribution >= 0.6 is 11.6 Å². The molecule has 2 heterocycles. The van der Waals surface area contributed by atoms with E-state index in [1.807, 2.05) is 6.92 Å². The van der Waals surface area contributed by atoms with Gasteiger partial charge in [-0.1, -0.05) is 13.8 Å².